The normalized spacial score (nSPS) is 18.5. The highest BCUT2D eigenvalue weighted by molar-refractivity contribution is 5.98. The molecule has 1 aliphatic rings. The Morgan fingerprint density at radius 3 is 2.70 bits per heavy atom. The molecule has 1 saturated heterocycles. The van der Waals surface area contributed by atoms with E-state index in [1.165, 1.54) is 4.80 Å². The summed E-state index contributed by atoms with van der Waals surface area (Å²) in [6.45, 7) is 2.57. The Hall–Kier alpha value is -3.50. The Balaban J connectivity index is 1.53. The van der Waals surface area contributed by atoms with E-state index in [9.17, 15) is 4.79 Å². The van der Waals surface area contributed by atoms with Crippen molar-refractivity contribution >= 4 is 5.91 Å². The maximum Gasteiger partial charge on any atom is 0.256 e. The number of piperidine rings is 1. The second kappa shape index (κ2) is 8.89. The molecule has 4 rings (SSSR count). The van der Waals surface area contributed by atoms with Crippen molar-refractivity contribution in [2.75, 3.05) is 6.54 Å². The first-order valence-electron chi connectivity index (χ1n) is 9.99. The van der Waals surface area contributed by atoms with Crippen LogP contribution in [0, 0.1) is 17.8 Å². The van der Waals surface area contributed by atoms with Crippen molar-refractivity contribution in [2.45, 2.75) is 32.4 Å². The monoisotopic (exact) mass is 401 g/mol. The van der Waals surface area contributed by atoms with Gasteiger partial charge in [0.1, 0.15) is 0 Å². The smallest absolute Gasteiger partial charge is 0.256 e. The number of hydrogen-bond acceptors (Lipinski definition) is 5. The van der Waals surface area contributed by atoms with Gasteiger partial charge >= 0.3 is 0 Å². The van der Waals surface area contributed by atoms with Crippen LogP contribution < -0.4 is 0 Å². The second-order valence-electron chi connectivity index (χ2n) is 7.38. The van der Waals surface area contributed by atoms with E-state index >= 15 is 0 Å². The average molecular weight is 401 g/mol. The van der Waals surface area contributed by atoms with Gasteiger partial charge in [0.15, 0.2) is 0 Å². The third-order valence-electron chi connectivity index (χ3n) is 5.32. The molecule has 2 atom stereocenters. The molecule has 3 aromatic rings. The van der Waals surface area contributed by atoms with Crippen LogP contribution in [-0.2, 0) is 6.61 Å². The van der Waals surface area contributed by atoms with Gasteiger partial charge in [0.25, 0.3) is 5.91 Å². The minimum Gasteiger partial charge on any atom is -0.390 e. The average Bonchev–Trinajstić information content (AvgIpc) is 3.33. The molecule has 1 fully saturated rings. The van der Waals surface area contributed by atoms with Gasteiger partial charge in [0.05, 0.1) is 35.9 Å². The SMILES string of the molecule is C[C@@H]1CC[C@@H](C#Cc2ccc(CO)nc2)CN1C(=O)c1ccccc1-n1nccn1. The molecule has 0 spiro atoms. The van der Waals surface area contributed by atoms with Crippen LogP contribution in [0.4, 0.5) is 0 Å². The molecular weight excluding hydrogens is 378 g/mol. The molecule has 1 aliphatic heterocycles. The first kappa shape index (κ1) is 19.8. The lowest BCUT2D eigenvalue weighted by Gasteiger charge is -2.36. The number of hydrogen-bond donors (Lipinski definition) is 1. The molecule has 7 heteroatoms. The molecule has 1 amide bonds. The number of carbonyl (C=O) groups is 1. The van der Waals surface area contributed by atoms with Crippen LogP contribution in [-0.4, -0.2) is 48.5 Å². The number of benzene rings is 1. The fourth-order valence-corrected chi connectivity index (χ4v) is 3.61. The van der Waals surface area contributed by atoms with Gasteiger partial charge in [0, 0.05) is 30.3 Å². The number of carbonyl (C=O) groups excluding carboxylic acids is 1. The Bertz CT molecular complexity index is 1070. The highest BCUT2D eigenvalue weighted by Gasteiger charge is 2.30. The van der Waals surface area contributed by atoms with Crippen LogP contribution in [0.2, 0.25) is 0 Å². The van der Waals surface area contributed by atoms with Gasteiger partial charge < -0.3 is 10.0 Å². The number of amides is 1. The van der Waals surface area contributed by atoms with E-state index in [1.54, 1.807) is 24.7 Å². The number of rotatable bonds is 3. The van der Waals surface area contributed by atoms with Crippen LogP contribution in [0.1, 0.15) is 41.4 Å². The van der Waals surface area contributed by atoms with Crippen molar-refractivity contribution in [3.63, 3.8) is 0 Å². The zero-order chi connectivity index (χ0) is 20.9. The van der Waals surface area contributed by atoms with Crippen molar-refractivity contribution < 1.29 is 9.90 Å². The van der Waals surface area contributed by atoms with Crippen molar-refractivity contribution in [2.24, 2.45) is 5.92 Å². The first-order valence-corrected chi connectivity index (χ1v) is 9.99. The predicted molar refractivity (Wildman–Crippen MR) is 112 cm³/mol. The van der Waals surface area contributed by atoms with E-state index in [0.29, 0.717) is 23.5 Å². The lowest BCUT2D eigenvalue weighted by molar-refractivity contribution is 0.0598. The fraction of sp³-hybridized carbons (Fsp3) is 0.304. The largest absolute Gasteiger partial charge is 0.390 e. The number of aliphatic hydroxyl groups is 1. The van der Waals surface area contributed by atoms with Crippen molar-refractivity contribution in [3.05, 3.63) is 71.8 Å². The van der Waals surface area contributed by atoms with E-state index in [1.807, 2.05) is 35.2 Å². The highest BCUT2D eigenvalue weighted by Crippen LogP contribution is 2.25. The molecule has 7 nitrogen and oxygen atoms in total. The number of nitrogens with zero attached hydrogens (tertiary/aromatic N) is 5. The molecule has 3 heterocycles. The minimum atomic E-state index is -0.0825. The van der Waals surface area contributed by atoms with Crippen LogP contribution in [0.3, 0.4) is 0 Å². The topological polar surface area (TPSA) is 84.1 Å². The zero-order valence-corrected chi connectivity index (χ0v) is 16.8. The maximum atomic E-state index is 13.4. The summed E-state index contributed by atoms with van der Waals surface area (Å²) < 4.78 is 0. The Labute approximate surface area is 175 Å². The van der Waals surface area contributed by atoms with Crippen molar-refractivity contribution in [3.8, 4) is 17.5 Å². The summed E-state index contributed by atoms with van der Waals surface area (Å²) in [7, 11) is 0. The van der Waals surface area contributed by atoms with Gasteiger partial charge in [-0.05, 0) is 44.0 Å². The molecule has 0 unspecified atom stereocenters. The highest BCUT2D eigenvalue weighted by atomic mass is 16.3. The Morgan fingerprint density at radius 2 is 1.97 bits per heavy atom. The molecule has 1 aromatic carbocycles. The summed E-state index contributed by atoms with van der Waals surface area (Å²) in [5.74, 6) is 6.52. The van der Waals surface area contributed by atoms with Crippen molar-refractivity contribution in [1.82, 2.24) is 24.9 Å². The van der Waals surface area contributed by atoms with Crippen LogP contribution in [0.15, 0.2) is 55.0 Å². The summed E-state index contributed by atoms with van der Waals surface area (Å²) >= 11 is 0. The fourth-order valence-electron chi connectivity index (χ4n) is 3.61. The number of aromatic nitrogens is 4. The lowest BCUT2D eigenvalue weighted by atomic mass is 9.92. The van der Waals surface area contributed by atoms with Crippen LogP contribution in [0.5, 0.6) is 0 Å². The molecule has 152 valence electrons. The molecular formula is C23H23N5O2. The number of para-hydroxylation sites is 1. The Kier molecular flexibility index (Phi) is 5.87. The van der Waals surface area contributed by atoms with Gasteiger partial charge in [-0.2, -0.15) is 15.0 Å². The quantitative estimate of drug-likeness (QED) is 0.682. The van der Waals surface area contributed by atoms with Crippen LogP contribution >= 0.6 is 0 Å². The van der Waals surface area contributed by atoms with E-state index in [0.717, 1.165) is 18.4 Å². The zero-order valence-electron chi connectivity index (χ0n) is 16.8. The molecule has 1 N–H and O–H groups in total. The molecule has 0 bridgehead atoms. The van der Waals surface area contributed by atoms with Crippen molar-refractivity contribution in [1.29, 1.82) is 0 Å². The molecule has 2 aromatic heterocycles. The third-order valence-corrected chi connectivity index (χ3v) is 5.32. The second-order valence-corrected chi connectivity index (χ2v) is 7.38. The summed E-state index contributed by atoms with van der Waals surface area (Å²) in [6.07, 6.45) is 6.70. The minimum absolute atomic E-state index is 0.0316. The van der Waals surface area contributed by atoms with E-state index in [-0.39, 0.29) is 24.5 Å². The number of pyridine rings is 1. The molecule has 0 aliphatic carbocycles. The summed E-state index contributed by atoms with van der Waals surface area (Å²) in [5, 5.41) is 17.4. The summed E-state index contributed by atoms with van der Waals surface area (Å²) in [4.78, 5) is 20.9. The van der Waals surface area contributed by atoms with E-state index in [2.05, 4.69) is 33.9 Å². The van der Waals surface area contributed by atoms with Gasteiger partial charge in [-0.1, -0.05) is 24.0 Å². The Morgan fingerprint density at radius 1 is 1.17 bits per heavy atom. The van der Waals surface area contributed by atoms with Gasteiger partial charge in [-0.25, -0.2) is 0 Å². The predicted octanol–water partition coefficient (Wildman–Crippen LogP) is 2.45. The van der Waals surface area contributed by atoms with Crippen LogP contribution in [0.25, 0.3) is 5.69 Å². The van der Waals surface area contributed by atoms with Gasteiger partial charge in [-0.15, -0.1) is 0 Å². The van der Waals surface area contributed by atoms with E-state index in [4.69, 9.17) is 5.11 Å². The number of aliphatic hydroxyl groups excluding tert-OH is 1. The summed E-state index contributed by atoms with van der Waals surface area (Å²) in [5.41, 5.74) is 2.67. The standard InChI is InChI=1S/C23H23N5O2/c1-17-6-7-19(9-8-18-10-11-20(16-29)24-14-18)15-27(17)23(30)21-4-2-3-5-22(21)28-25-12-13-26-28/h2-5,10-14,17,19,29H,6-7,15-16H2,1H3/t17-,19+/m1/s1. The van der Waals surface area contributed by atoms with E-state index < -0.39 is 0 Å². The molecule has 0 saturated carbocycles. The van der Waals surface area contributed by atoms with Gasteiger partial charge in [0.2, 0.25) is 0 Å². The number of likely N-dealkylation sites (tertiary alicyclic amines) is 1. The lowest BCUT2D eigenvalue weighted by Crippen LogP contribution is -2.45. The summed E-state index contributed by atoms with van der Waals surface area (Å²) in [6, 6.07) is 11.2. The molecule has 30 heavy (non-hydrogen) atoms. The van der Waals surface area contributed by atoms with Gasteiger partial charge in [-0.3, -0.25) is 9.78 Å². The third kappa shape index (κ3) is 4.24. The molecule has 0 radical (unpaired) electrons. The maximum absolute atomic E-state index is 13.4. The first-order chi connectivity index (χ1) is 14.7.